The molecule has 0 unspecified atom stereocenters. The predicted octanol–water partition coefficient (Wildman–Crippen LogP) is 4.91. The number of sulfone groups is 1. The standard InChI is InChI=1S/C31H32F3N5O3S/c1-20-27(21-2-6-23(7-3-21)38-14-16-43(41,42)17-15-38)28(37-39(20)24-8-4-22(32)5-9-24)25-10-11-31(33,34)18-26(25)29(40)36-30(19-35)12-13-30/h2-9,25-26H,10-18H2,1H3,(H,36,40)/t25-,26-/m1/s1. The van der Waals surface area contributed by atoms with E-state index in [9.17, 15) is 31.6 Å². The topological polar surface area (TPSA) is 108 Å². The normalized spacial score (nSPS) is 23.7. The van der Waals surface area contributed by atoms with Crippen molar-refractivity contribution in [3.05, 3.63) is 65.7 Å². The fourth-order valence-electron chi connectivity index (χ4n) is 6.24. The molecule has 1 aromatic heterocycles. The van der Waals surface area contributed by atoms with Gasteiger partial charge in [0.1, 0.15) is 11.4 Å². The molecular weight excluding hydrogens is 579 g/mol. The molecule has 1 amide bonds. The van der Waals surface area contributed by atoms with Crippen LogP contribution < -0.4 is 10.2 Å². The van der Waals surface area contributed by atoms with Crippen molar-refractivity contribution in [3.8, 4) is 22.9 Å². The van der Waals surface area contributed by atoms with Crippen LogP contribution in [0.3, 0.4) is 0 Å². The van der Waals surface area contributed by atoms with Crippen LogP contribution in [0.2, 0.25) is 0 Å². The van der Waals surface area contributed by atoms with Gasteiger partial charge >= 0.3 is 0 Å². The van der Waals surface area contributed by atoms with E-state index >= 15 is 0 Å². The molecule has 3 fully saturated rings. The SMILES string of the molecule is Cc1c(-c2ccc(N3CCS(=O)(=O)CC3)cc2)c([C@@H]2CCC(F)(F)C[C@H]2C(=O)NC2(C#N)CC2)nn1-c1ccc(F)cc1. The molecule has 12 heteroatoms. The number of halogens is 3. The number of carbonyl (C=O) groups is 1. The molecular formula is C31H32F3N5O3S. The van der Waals surface area contributed by atoms with Gasteiger partial charge in [0.25, 0.3) is 0 Å². The molecule has 2 heterocycles. The second-order valence-electron chi connectivity index (χ2n) is 11.9. The van der Waals surface area contributed by atoms with Crippen LogP contribution in [0.4, 0.5) is 18.9 Å². The van der Waals surface area contributed by atoms with E-state index in [4.69, 9.17) is 5.10 Å². The van der Waals surface area contributed by atoms with E-state index < -0.39 is 57.7 Å². The third kappa shape index (κ3) is 5.87. The van der Waals surface area contributed by atoms with E-state index in [0.29, 0.717) is 48.6 Å². The van der Waals surface area contributed by atoms with Gasteiger partial charge in [-0.3, -0.25) is 4.79 Å². The lowest BCUT2D eigenvalue weighted by molar-refractivity contribution is -0.134. The maximum absolute atomic E-state index is 14.8. The Morgan fingerprint density at radius 1 is 1.02 bits per heavy atom. The molecule has 3 aromatic rings. The summed E-state index contributed by atoms with van der Waals surface area (Å²) in [6, 6.07) is 15.5. The summed E-state index contributed by atoms with van der Waals surface area (Å²) in [6.45, 7) is 2.64. The number of rotatable bonds is 6. The largest absolute Gasteiger partial charge is 0.369 e. The number of hydrogen-bond donors (Lipinski definition) is 1. The molecule has 1 N–H and O–H groups in total. The Morgan fingerprint density at radius 2 is 1.65 bits per heavy atom. The van der Waals surface area contributed by atoms with Crippen molar-refractivity contribution in [2.75, 3.05) is 29.5 Å². The first kappa shape index (κ1) is 29.2. The fourth-order valence-corrected chi connectivity index (χ4v) is 7.44. The molecule has 8 nitrogen and oxygen atoms in total. The lowest BCUT2D eigenvalue weighted by Crippen LogP contribution is -2.45. The number of amides is 1. The van der Waals surface area contributed by atoms with Crippen LogP contribution in [0.1, 0.15) is 49.4 Å². The zero-order valence-electron chi connectivity index (χ0n) is 23.7. The van der Waals surface area contributed by atoms with Crippen LogP contribution in [0.25, 0.3) is 16.8 Å². The molecule has 0 spiro atoms. The average molecular weight is 612 g/mol. The van der Waals surface area contributed by atoms with Crippen LogP contribution in [0.5, 0.6) is 0 Å². The maximum Gasteiger partial charge on any atom is 0.249 e. The molecule has 0 radical (unpaired) electrons. The van der Waals surface area contributed by atoms with E-state index in [1.165, 1.54) is 12.1 Å². The molecule has 1 aliphatic heterocycles. The van der Waals surface area contributed by atoms with E-state index in [0.717, 1.165) is 11.3 Å². The number of nitrogens with one attached hydrogen (secondary N) is 1. The minimum Gasteiger partial charge on any atom is -0.369 e. The van der Waals surface area contributed by atoms with Crippen LogP contribution >= 0.6 is 0 Å². The summed E-state index contributed by atoms with van der Waals surface area (Å²) in [5, 5.41) is 17.1. The van der Waals surface area contributed by atoms with Gasteiger partial charge < -0.3 is 10.2 Å². The average Bonchev–Trinajstić information content (AvgIpc) is 3.67. The number of nitrogens with zero attached hydrogens (tertiary/aromatic N) is 4. The van der Waals surface area contributed by atoms with Gasteiger partial charge in [-0.15, -0.1) is 0 Å². The Labute approximate surface area is 248 Å². The first-order valence-corrected chi connectivity index (χ1v) is 16.2. The molecule has 0 bridgehead atoms. The zero-order chi connectivity index (χ0) is 30.6. The van der Waals surface area contributed by atoms with Crippen LogP contribution in [0, 0.1) is 30.0 Å². The summed E-state index contributed by atoms with van der Waals surface area (Å²) >= 11 is 0. The number of anilines is 1. The van der Waals surface area contributed by atoms with E-state index in [2.05, 4.69) is 11.4 Å². The number of nitriles is 1. The summed E-state index contributed by atoms with van der Waals surface area (Å²) in [6.07, 6.45) is -0.0468. The fraction of sp³-hybridized carbons (Fsp3) is 0.452. The lowest BCUT2D eigenvalue weighted by Gasteiger charge is -2.35. The van der Waals surface area contributed by atoms with Crippen LogP contribution in [0.15, 0.2) is 48.5 Å². The van der Waals surface area contributed by atoms with Gasteiger partial charge in [0.15, 0.2) is 9.84 Å². The van der Waals surface area contributed by atoms with Crippen molar-refractivity contribution in [1.29, 1.82) is 5.26 Å². The van der Waals surface area contributed by atoms with E-state index in [1.54, 1.807) is 16.8 Å². The van der Waals surface area contributed by atoms with Gasteiger partial charge in [0, 0.05) is 48.8 Å². The highest BCUT2D eigenvalue weighted by Crippen LogP contribution is 2.48. The number of alkyl halides is 2. The highest BCUT2D eigenvalue weighted by Gasteiger charge is 2.51. The summed E-state index contributed by atoms with van der Waals surface area (Å²) in [4.78, 5) is 15.5. The van der Waals surface area contributed by atoms with Gasteiger partial charge in [-0.1, -0.05) is 12.1 Å². The molecule has 6 rings (SSSR count). The minimum absolute atomic E-state index is 0.0256. The van der Waals surface area contributed by atoms with Crippen molar-refractivity contribution in [2.45, 2.75) is 56.4 Å². The Balaban J connectivity index is 1.41. The van der Waals surface area contributed by atoms with Crippen molar-refractivity contribution < 1.29 is 26.4 Å². The second-order valence-corrected chi connectivity index (χ2v) is 14.2. The van der Waals surface area contributed by atoms with Gasteiger partial charge in [-0.05, 0) is 68.1 Å². The molecule has 2 atom stereocenters. The molecule has 1 saturated heterocycles. The summed E-state index contributed by atoms with van der Waals surface area (Å²) in [5.74, 6) is -5.57. The highest BCUT2D eigenvalue weighted by atomic mass is 32.2. The Kier molecular flexibility index (Phi) is 7.27. The Bertz CT molecular complexity index is 1680. The van der Waals surface area contributed by atoms with Crippen molar-refractivity contribution >= 4 is 21.4 Å². The van der Waals surface area contributed by atoms with E-state index in [1.807, 2.05) is 36.1 Å². The second kappa shape index (κ2) is 10.7. The van der Waals surface area contributed by atoms with Crippen LogP contribution in [-0.2, 0) is 14.6 Å². The van der Waals surface area contributed by atoms with Gasteiger partial charge in [-0.2, -0.15) is 10.4 Å². The van der Waals surface area contributed by atoms with Gasteiger partial charge in [-0.25, -0.2) is 26.3 Å². The molecule has 2 aliphatic carbocycles. The third-order valence-electron chi connectivity index (χ3n) is 8.92. The van der Waals surface area contributed by atoms with Crippen LogP contribution in [-0.4, -0.2) is 60.2 Å². The highest BCUT2D eigenvalue weighted by molar-refractivity contribution is 7.91. The van der Waals surface area contributed by atoms with Crippen molar-refractivity contribution in [3.63, 3.8) is 0 Å². The first-order valence-electron chi connectivity index (χ1n) is 14.4. The Morgan fingerprint density at radius 3 is 2.26 bits per heavy atom. The summed E-state index contributed by atoms with van der Waals surface area (Å²) in [5.41, 5.74) is 3.12. The van der Waals surface area contributed by atoms with E-state index in [-0.39, 0.29) is 17.9 Å². The smallest absolute Gasteiger partial charge is 0.249 e. The quantitative estimate of drug-likeness (QED) is 0.424. The van der Waals surface area contributed by atoms with Gasteiger partial charge in [0.2, 0.25) is 11.8 Å². The first-order chi connectivity index (χ1) is 20.4. The maximum atomic E-state index is 14.8. The summed E-state index contributed by atoms with van der Waals surface area (Å²) in [7, 11) is -3.03. The molecule has 226 valence electrons. The predicted molar refractivity (Wildman–Crippen MR) is 155 cm³/mol. The third-order valence-corrected chi connectivity index (χ3v) is 10.5. The lowest BCUT2D eigenvalue weighted by atomic mass is 9.73. The number of carbonyl (C=O) groups excluding carboxylic acids is 1. The minimum atomic E-state index is -3.03. The molecule has 43 heavy (non-hydrogen) atoms. The zero-order valence-corrected chi connectivity index (χ0v) is 24.5. The van der Waals surface area contributed by atoms with Crippen molar-refractivity contribution in [2.24, 2.45) is 5.92 Å². The molecule has 2 saturated carbocycles. The molecule has 3 aliphatic rings. The monoisotopic (exact) mass is 611 g/mol. The Hall–Kier alpha value is -3.85. The van der Waals surface area contributed by atoms with Crippen molar-refractivity contribution in [1.82, 2.24) is 15.1 Å². The number of aromatic nitrogens is 2. The number of benzene rings is 2. The van der Waals surface area contributed by atoms with Gasteiger partial charge in [0.05, 0.1) is 34.9 Å². The number of hydrogen-bond acceptors (Lipinski definition) is 6. The molecule has 2 aromatic carbocycles. The summed E-state index contributed by atoms with van der Waals surface area (Å²) < 4.78 is 68.7.